The standard InChI is InChI=1S/C23H30O/c1-2-3-4-5-6-10-17-23(24)19-22-16-12-11-15-21(22)18-20-13-8-7-9-14-20/h7-9,11-16H,2-6,10,17-19H2,1H3. The lowest BCUT2D eigenvalue weighted by molar-refractivity contribution is -0.118. The van der Waals surface area contributed by atoms with Gasteiger partial charge in [-0.1, -0.05) is 93.6 Å². The Morgan fingerprint density at radius 3 is 2.12 bits per heavy atom. The van der Waals surface area contributed by atoms with Gasteiger partial charge >= 0.3 is 0 Å². The van der Waals surface area contributed by atoms with Gasteiger partial charge in [0.2, 0.25) is 0 Å². The summed E-state index contributed by atoms with van der Waals surface area (Å²) in [5.74, 6) is 0.381. The lowest BCUT2D eigenvalue weighted by Gasteiger charge is -2.09. The topological polar surface area (TPSA) is 17.1 Å². The van der Waals surface area contributed by atoms with Crippen molar-refractivity contribution in [1.82, 2.24) is 0 Å². The number of hydrogen-bond acceptors (Lipinski definition) is 1. The van der Waals surface area contributed by atoms with Crippen LogP contribution in [-0.2, 0) is 17.6 Å². The fourth-order valence-corrected chi connectivity index (χ4v) is 3.12. The molecule has 0 aliphatic heterocycles. The molecule has 0 heterocycles. The van der Waals surface area contributed by atoms with Crippen LogP contribution in [-0.4, -0.2) is 5.78 Å². The van der Waals surface area contributed by atoms with E-state index >= 15 is 0 Å². The third-order valence-electron chi connectivity index (χ3n) is 4.55. The van der Waals surface area contributed by atoms with Gasteiger partial charge in [-0.2, -0.15) is 0 Å². The molecule has 0 bridgehead atoms. The number of carbonyl (C=O) groups is 1. The summed E-state index contributed by atoms with van der Waals surface area (Å²) in [6.45, 7) is 2.23. The van der Waals surface area contributed by atoms with E-state index in [9.17, 15) is 4.79 Å². The number of rotatable bonds is 11. The van der Waals surface area contributed by atoms with Gasteiger partial charge in [-0.15, -0.1) is 0 Å². The van der Waals surface area contributed by atoms with Crippen molar-refractivity contribution in [2.75, 3.05) is 0 Å². The van der Waals surface area contributed by atoms with Gasteiger partial charge < -0.3 is 0 Å². The van der Waals surface area contributed by atoms with E-state index in [-0.39, 0.29) is 0 Å². The second-order valence-corrected chi connectivity index (χ2v) is 6.66. The van der Waals surface area contributed by atoms with E-state index in [0.29, 0.717) is 12.2 Å². The Hall–Kier alpha value is -1.89. The number of unbranched alkanes of at least 4 members (excludes halogenated alkanes) is 5. The zero-order valence-corrected chi connectivity index (χ0v) is 15.0. The number of hydrogen-bond donors (Lipinski definition) is 0. The van der Waals surface area contributed by atoms with E-state index in [2.05, 4.69) is 49.4 Å². The van der Waals surface area contributed by atoms with Crippen molar-refractivity contribution in [3.63, 3.8) is 0 Å². The van der Waals surface area contributed by atoms with E-state index in [1.165, 1.54) is 48.8 Å². The van der Waals surface area contributed by atoms with Gasteiger partial charge in [0.1, 0.15) is 5.78 Å². The summed E-state index contributed by atoms with van der Waals surface area (Å²) in [6.07, 6.45) is 9.63. The van der Waals surface area contributed by atoms with Gasteiger partial charge in [0, 0.05) is 12.8 Å². The van der Waals surface area contributed by atoms with Crippen LogP contribution in [0.25, 0.3) is 0 Å². The lowest BCUT2D eigenvalue weighted by atomic mass is 9.95. The van der Waals surface area contributed by atoms with Gasteiger partial charge in [-0.05, 0) is 29.5 Å². The molecule has 1 heteroatoms. The molecule has 0 unspecified atom stereocenters. The van der Waals surface area contributed by atoms with E-state index in [0.717, 1.165) is 19.3 Å². The van der Waals surface area contributed by atoms with Crippen molar-refractivity contribution in [1.29, 1.82) is 0 Å². The van der Waals surface area contributed by atoms with E-state index in [1.54, 1.807) is 0 Å². The molecule has 0 aliphatic rings. The van der Waals surface area contributed by atoms with Crippen molar-refractivity contribution in [3.8, 4) is 0 Å². The first-order valence-electron chi connectivity index (χ1n) is 9.42. The highest BCUT2D eigenvalue weighted by Gasteiger charge is 2.08. The SMILES string of the molecule is CCCCCCCCC(=O)Cc1ccccc1Cc1ccccc1. The monoisotopic (exact) mass is 322 g/mol. The van der Waals surface area contributed by atoms with Crippen molar-refractivity contribution < 1.29 is 4.79 Å². The zero-order valence-electron chi connectivity index (χ0n) is 15.0. The molecule has 2 rings (SSSR count). The van der Waals surface area contributed by atoms with Crippen LogP contribution in [0.4, 0.5) is 0 Å². The predicted octanol–water partition coefficient (Wildman–Crippen LogP) is 6.14. The molecule has 0 spiro atoms. The summed E-state index contributed by atoms with van der Waals surface area (Å²) < 4.78 is 0. The Kier molecular flexibility index (Phi) is 8.31. The molecule has 0 aliphatic carbocycles. The Labute approximate surface area is 147 Å². The lowest BCUT2D eigenvalue weighted by Crippen LogP contribution is -2.05. The van der Waals surface area contributed by atoms with Gasteiger partial charge in [-0.3, -0.25) is 4.79 Å². The van der Waals surface area contributed by atoms with Crippen molar-refractivity contribution in [2.45, 2.75) is 64.7 Å². The molecule has 0 saturated heterocycles. The highest BCUT2D eigenvalue weighted by molar-refractivity contribution is 5.81. The molecule has 0 amide bonds. The maximum atomic E-state index is 12.3. The predicted molar refractivity (Wildman–Crippen MR) is 102 cm³/mol. The smallest absolute Gasteiger partial charge is 0.137 e. The minimum absolute atomic E-state index is 0.381. The molecule has 0 radical (unpaired) electrons. The maximum absolute atomic E-state index is 12.3. The third-order valence-corrected chi connectivity index (χ3v) is 4.55. The van der Waals surface area contributed by atoms with E-state index in [1.807, 2.05) is 12.1 Å². The highest BCUT2D eigenvalue weighted by atomic mass is 16.1. The molecule has 0 fully saturated rings. The van der Waals surface area contributed by atoms with Crippen LogP contribution in [0.15, 0.2) is 54.6 Å². The van der Waals surface area contributed by atoms with Crippen LogP contribution in [0.2, 0.25) is 0 Å². The first-order chi connectivity index (χ1) is 11.8. The number of carbonyl (C=O) groups excluding carboxylic acids is 1. The van der Waals surface area contributed by atoms with Crippen molar-refractivity contribution in [2.24, 2.45) is 0 Å². The molecule has 0 aromatic heterocycles. The molecule has 2 aromatic carbocycles. The number of benzene rings is 2. The minimum Gasteiger partial charge on any atom is -0.299 e. The fourth-order valence-electron chi connectivity index (χ4n) is 3.12. The summed E-state index contributed by atoms with van der Waals surface area (Å²) in [5.41, 5.74) is 3.77. The second kappa shape index (κ2) is 10.8. The van der Waals surface area contributed by atoms with Crippen LogP contribution < -0.4 is 0 Å². The van der Waals surface area contributed by atoms with Crippen LogP contribution in [0.1, 0.15) is 68.6 Å². The normalized spacial score (nSPS) is 10.7. The first kappa shape index (κ1) is 18.4. The summed E-state index contributed by atoms with van der Waals surface area (Å²) in [7, 11) is 0. The van der Waals surface area contributed by atoms with E-state index in [4.69, 9.17) is 0 Å². The Balaban J connectivity index is 1.82. The fraction of sp³-hybridized carbons (Fsp3) is 0.435. The molecule has 0 atom stereocenters. The molecular formula is C23H30O. The van der Waals surface area contributed by atoms with Gasteiger partial charge in [0.15, 0.2) is 0 Å². The Morgan fingerprint density at radius 1 is 0.750 bits per heavy atom. The van der Waals surface area contributed by atoms with Crippen LogP contribution in [0, 0.1) is 0 Å². The number of ketones is 1. The molecule has 0 N–H and O–H groups in total. The van der Waals surface area contributed by atoms with Gasteiger partial charge in [-0.25, -0.2) is 0 Å². The summed E-state index contributed by atoms with van der Waals surface area (Å²) in [4.78, 5) is 12.3. The summed E-state index contributed by atoms with van der Waals surface area (Å²) >= 11 is 0. The molecule has 2 aromatic rings. The molecule has 0 saturated carbocycles. The Bertz CT molecular complexity index is 600. The zero-order chi connectivity index (χ0) is 17.0. The van der Waals surface area contributed by atoms with Crippen LogP contribution in [0.3, 0.4) is 0 Å². The molecular weight excluding hydrogens is 292 g/mol. The number of Topliss-reactive ketones (excluding diaryl/α,β-unsaturated/α-hetero) is 1. The molecule has 24 heavy (non-hydrogen) atoms. The molecule has 1 nitrogen and oxygen atoms in total. The van der Waals surface area contributed by atoms with Gasteiger partial charge in [0.05, 0.1) is 0 Å². The van der Waals surface area contributed by atoms with Crippen LogP contribution >= 0.6 is 0 Å². The second-order valence-electron chi connectivity index (χ2n) is 6.66. The maximum Gasteiger partial charge on any atom is 0.137 e. The third kappa shape index (κ3) is 6.70. The largest absolute Gasteiger partial charge is 0.299 e. The van der Waals surface area contributed by atoms with Crippen molar-refractivity contribution >= 4 is 5.78 Å². The average molecular weight is 322 g/mol. The van der Waals surface area contributed by atoms with Crippen LogP contribution in [0.5, 0.6) is 0 Å². The first-order valence-corrected chi connectivity index (χ1v) is 9.42. The highest BCUT2D eigenvalue weighted by Crippen LogP contribution is 2.16. The minimum atomic E-state index is 0.381. The Morgan fingerprint density at radius 2 is 1.38 bits per heavy atom. The quantitative estimate of drug-likeness (QED) is 0.454. The van der Waals surface area contributed by atoms with Gasteiger partial charge in [0.25, 0.3) is 0 Å². The average Bonchev–Trinajstić information content (AvgIpc) is 2.61. The van der Waals surface area contributed by atoms with E-state index < -0.39 is 0 Å². The summed E-state index contributed by atoms with van der Waals surface area (Å²) in [5, 5.41) is 0. The molecule has 128 valence electrons. The summed E-state index contributed by atoms with van der Waals surface area (Å²) in [6, 6.07) is 18.9. The van der Waals surface area contributed by atoms with Crippen molar-refractivity contribution in [3.05, 3.63) is 71.3 Å².